The first-order valence-corrected chi connectivity index (χ1v) is 1.55. The van der Waals surface area contributed by atoms with Crippen molar-refractivity contribution in [1.82, 2.24) is 0 Å². The van der Waals surface area contributed by atoms with Crippen LogP contribution in [0.25, 0.3) is 0 Å². The van der Waals surface area contributed by atoms with Gasteiger partial charge in [0.05, 0.1) is 13.1 Å². The Morgan fingerprint density at radius 3 is 2.14 bits per heavy atom. The molecule has 0 aliphatic heterocycles. The van der Waals surface area contributed by atoms with E-state index in [-0.39, 0.29) is 33.7 Å². The quantitative estimate of drug-likeness (QED) is 0.663. The van der Waals surface area contributed by atoms with E-state index >= 15 is 0 Å². The minimum atomic E-state index is -1.09. The molecule has 0 spiro atoms. The Labute approximate surface area is 60.9 Å². The fraction of sp³-hybridized carbons (Fsp3) is 0.667. The Morgan fingerprint density at radius 1 is 1.71 bits per heavy atom. The van der Waals surface area contributed by atoms with E-state index in [4.69, 9.17) is 5.11 Å². The van der Waals surface area contributed by atoms with Crippen LogP contribution in [0.3, 0.4) is 0 Å². The second kappa shape index (κ2) is 6.32. The number of alkyl halides is 1. The SMILES string of the molecule is O=C(O)CCF.[Cd]. The van der Waals surface area contributed by atoms with Gasteiger partial charge in [-0.05, 0) is 0 Å². The second-order valence-electron chi connectivity index (χ2n) is 0.833. The summed E-state index contributed by atoms with van der Waals surface area (Å²) in [5.74, 6) is -1.09. The van der Waals surface area contributed by atoms with Crippen molar-refractivity contribution in [3.05, 3.63) is 0 Å². The minimum absolute atomic E-state index is 0. The van der Waals surface area contributed by atoms with Crippen molar-refractivity contribution in [2.45, 2.75) is 6.42 Å². The molecule has 0 fully saturated rings. The smallest absolute Gasteiger partial charge is 0.305 e. The third-order valence-corrected chi connectivity index (χ3v) is 0.308. The number of hydrogen-bond donors (Lipinski definition) is 1. The summed E-state index contributed by atoms with van der Waals surface area (Å²) in [4.78, 5) is 9.36. The van der Waals surface area contributed by atoms with Gasteiger partial charge in [-0.15, -0.1) is 0 Å². The number of aliphatic carboxylic acids is 1. The predicted octanol–water partition coefficient (Wildman–Crippen LogP) is 0.428. The molecule has 0 saturated carbocycles. The molecule has 0 atom stereocenters. The number of rotatable bonds is 2. The van der Waals surface area contributed by atoms with E-state index in [1.54, 1.807) is 0 Å². The van der Waals surface area contributed by atoms with E-state index in [0.29, 0.717) is 0 Å². The van der Waals surface area contributed by atoms with Crippen molar-refractivity contribution < 1.29 is 41.6 Å². The molecule has 0 aliphatic rings. The number of hydrogen-bond acceptors (Lipinski definition) is 1. The Bertz CT molecular complexity index is 56.9. The summed E-state index contributed by atoms with van der Waals surface area (Å²) >= 11 is 0. The van der Waals surface area contributed by atoms with Crippen molar-refractivity contribution in [3.63, 3.8) is 0 Å². The van der Waals surface area contributed by atoms with Crippen LogP contribution in [-0.2, 0) is 32.1 Å². The third-order valence-electron chi connectivity index (χ3n) is 0.308. The fourth-order valence-electron chi connectivity index (χ4n) is 0.0808. The molecule has 0 heterocycles. The van der Waals surface area contributed by atoms with Crippen LogP contribution in [0.4, 0.5) is 4.39 Å². The van der Waals surface area contributed by atoms with E-state index in [1.807, 2.05) is 0 Å². The van der Waals surface area contributed by atoms with Crippen LogP contribution < -0.4 is 0 Å². The number of carboxylic acid groups (broad SMARTS) is 1. The van der Waals surface area contributed by atoms with Crippen LogP contribution in [0.5, 0.6) is 0 Å². The van der Waals surface area contributed by atoms with Gasteiger partial charge in [0.2, 0.25) is 0 Å². The van der Waals surface area contributed by atoms with Crippen molar-refractivity contribution in [2.24, 2.45) is 0 Å². The molecule has 0 saturated heterocycles. The molecule has 1 N–H and O–H groups in total. The molecule has 0 aromatic carbocycles. The van der Waals surface area contributed by atoms with Gasteiger partial charge in [0, 0.05) is 27.3 Å². The molecule has 0 rings (SSSR count). The van der Waals surface area contributed by atoms with Crippen molar-refractivity contribution in [3.8, 4) is 0 Å². The molecule has 4 heteroatoms. The van der Waals surface area contributed by atoms with Gasteiger partial charge in [-0.2, -0.15) is 0 Å². The summed E-state index contributed by atoms with van der Waals surface area (Å²) in [6, 6.07) is 0. The molecule has 2 nitrogen and oxygen atoms in total. The summed E-state index contributed by atoms with van der Waals surface area (Å²) in [5.41, 5.74) is 0. The molecule has 38 valence electrons. The largest absolute Gasteiger partial charge is 0.481 e. The monoisotopic (exact) mass is 206 g/mol. The maximum Gasteiger partial charge on any atom is 0.305 e. The Hall–Kier alpha value is 0.322. The Balaban J connectivity index is 0. The molecule has 0 aromatic heterocycles. The van der Waals surface area contributed by atoms with Crippen LogP contribution in [0.1, 0.15) is 6.42 Å². The first-order chi connectivity index (χ1) is 2.77. The van der Waals surface area contributed by atoms with Gasteiger partial charge in [0.25, 0.3) is 0 Å². The number of halogens is 1. The Kier molecular flexibility index (Phi) is 9.33. The van der Waals surface area contributed by atoms with E-state index in [9.17, 15) is 9.18 Å². The molecule has 0 unspecified atom stereocenters. The van der Waals surface area contributed by atoms with Crippen LogP contribution in [0.15, 0.2) is 0 Å². The van der Waals surface area contributed by atoms with Gasteiger partial charge in [-0.3, -0.25) is 9.18 Å². The van der Waals surface area contributed by atoms with Crippen molar-refractivity contribution in [1.29, 1.82) is 0 Å². The first kappa shape index (κ1) is 10.3. The summed E-state index contributed by atoms with van der Waals surface area (Å²) in [5, 5.41) is 7.67. The third kappa shape index (κ3) is 10.7. The van der Waals surface area contributed by atoms with Crippen LogP contribution >= 0.6 is 0 Å². The molecule has 0 radical (unpaired) electrons. The molecule has 7 heavy (non-hydrogen) atoms. The van der Waals surface area contributed by atoms with Gasteiger partial charge in [-0.1, -0.05) is 0 Å². The van der Waals surface area contributed by atoms with Gasteiger partial charge < -0.3 is 5.11 Å². The minimum Gasteiger partial charge on any atom is -0.481 e. The van der Waals surface area contributed by atoms with Gasteiger partial charge in [-0.25, -0.2) is 0 Å². The topological polar surface area (TPSA) is 37.3 Å². The van der Waals surface area contributed by atoms with E-state index in [1.165, 1.54) is 0 Å². The second-order valence-corrected chi connectivity index (χ2v) is 0.833. The zero-order valence-corrected chi connectivity index (χ0v) is 7.89. The summed E-state index contributed by atoms with van der Waals surface area (Å²) in [6.07, 6.45) is -0.375. The molecule has 0 bridgehead atoms. The zero-order chi connectivity index (χ0) is 4.99. The predicted molar refractivity (Wildman–Crippen MR) is 18.2 cm³/mol. The summed E-state index contributed by atoms with van der Waals surface area (Å²) < 4.78 is 10.9. The standard InChI is InChI=1S/C3H5FO2.Cd/c4-2-1-3(5)6;/h1-2H2,(H,5,6);. The maximum absolute atomic E-state index is 10.9. The van der Waals surface area contributed by atoms with Crippen LogP contribution in [-0.4, -0.2) is 17.8 Å². The summed E-state index contributed by atoms with van der Waals surface area (Å²) in [6.45, 7) is -0.769. The maximum atomic E-state index is 10.9. The molecule has 0 aliphatic carbocycles. The number of carbonyl (C=O) groups is 1. The van der Waals surface area contributed by atoms with Gasteiger partial charge in [0.15, 0.2) is 0 Å². The summed E-state index contributed by atoms with van der Waals surface area (Å²) in [7, 11) is 0. The normalized spacial score (nSPS) is 7.00. The Morgan fingerprint density at radius 2 is 2.14 bits per heavy atom. The number of carboxylic acids is 1. The van der Waals surface area contributed by atoms with E-state index in [2.05, 4.69) is 0 Å². The van der Waals surface area contributed by atoms with E-state index in [0.717, 1.165) is 0 Å². The molecular formula is C3H5CdFO2. The first-order valence-electron chi connectivity index (χ1n) is 1.55. The zero-order valence-electron chi connectivity index (χ0n) is 3.85. The van der Waals surface area contributed by atoms with E-state index < -0.39 is 12.6 Å². The molecular weight excluding hydrogens is 199 g/mol. The van der Waals surface area contributed by atoms with Gasteiger partial charge >= 0.3 is 5.97 Å². The van der Waals surface area contributed by atoms with Gasteiger partial charge in [0.1, 0.15) is 0 Å². The van der Waals surface area contributed by atoms with Crippen molar-refractivity contribution in [2.75, 3.05) is 6.67 Å². The van der Waals surface area contributed by atoms with Crippen molar-refractivity contribution >= 4 is 5.97 Å². The molecule has 0 amide bonds. The average molecular weight is 204 g/mol. The fourth-order valence-corrected chi connectivity index (χ4v) is 0.0808. The average Bonchev–Trinajstić information content (AvgIpc) is 1.35. The van der Waals surface area contributed by atoms with Crippen LogP contribution in [0.2, 0.25) is 0 Å². The molecule has 0 aromatic rings. The van der Waals surface area contributed by atoms with Crippen LogP contribution in [0, 0.1) is 0 Å².